The van der Waals surface area contributed by atoms with Gasteiger partial charge in [0, 0.05) is 18.7 Å². The number of hydrogen-bond acceptors (Lipinski definition) is 5. The lowest BCUT2D eigenvalue weighted by Crippen LogP contribution is -2.47. The molecule has 152 valence electrons. The summed E-state index contributed by atoms with van der Waals surface area (Å²) in [7, 11) is 0. The van der Waals surface area contributed by atoms with Crippen LogP contribution in [0.5, 0.6) is 0 Å². The minimum absolute atomic E-state index is 0.312. The third-order valence-electron chi connectivity index (χ3n) is 5.40. The lowest BCUT2D eigenvalue weighted by atomic mass is 9.82. The van der Waals surface area contributed by atoms with Crippen LogP contribution in [-0.4, -0.2) is 34.7 Å². The van der Waals surface area contributed by atoms with Crippen molar-refractivity contribution in [1.82, 2.24) is 9.88 Å². The summed E-state index contributed by atoms with van der Waals surface area (Å²) in [4.78, 5) is 18.6. The summed E-state index contributed by atoms with van der Waals surface area (Å²) in [6, 6.07) is 3.73. The first-order chi connectivity index (χ1) is 12.9. The fourth-order valence-electron chi connectivity index (χ4n) is 3.83. The van der Waals surface area contributed by atoms with Gasteiger partial charge in [-0.2, -0.15) is 5.26 Å². The van der Waals surface area contributed by atoms with E-state index in [1.807, 2.05) is 20.8 Å². The number of aryl methyl sites for hydroxylation is 1. The fraction of sp³-hybridized carbons (Fsp3) is 0.667. The number of piperidine rings is 1. The molecule has 3 heterocycles. The highest BCUT2D eigenvalue weighted by atomic mass is 19.1. The van der Waals surface area contributed by atoms with Crippen molar-refractivity contribution >= 4 is 6.09 Å². The highest BCUT2D eigenvalue weighted by Crippen LogP contribution is 2.54. The maximum Gasteiger partial charge on any atom is 0.410 e. The largest absolute Gasteiger partial charge is 0.444 e. The molecule has 1 spiro atoms. The normalized spacial score (nSPS) is 21.4. The summed E-state index contributed by atoms with van der Waals surface area (Å²) < 4.78 is 26.1. The van der Waals surface area contributed by atoms with Crippen molar-refractivity contribution in [2.24, 2.45) is 5.41 Å². The topological polar surface area (TPSA) is 75.5 Å². The Bertz CT molecular complexity index is 831. The number of pyridine rings is 1. The van der Waals surface area contributed by atoms with E-state index in [1.54, 1.807) is 25.7 Å². The van der Waals surface area contributed by atoms with E-state index >= 15 is 0 Å². The van der Waals surface area contributed by atoms with E-state index in [9.17, 15) is 14.4 Å². The van der Waals surface area contributed by atoms with Crippen LogP contribution in [0.3, 0.4) is 0 Å². The van der Waals surface area contributed by atoms with Crippen LogP contribution in [0.15, 0.2) is 6.07 Å². The molecule has 28 heavy (non-hydrogen) atoms. The van der Waals surface area contributed by atoms with Gasteiger partial charge in [0.05, 0.1) is 22.9 Å². The van der Waals surface area contributed by atoms with Gasteiger partial charge in [-0.3, -0.25) is 4.98 Å². The summed E-state index contributed by atoms with van der Waals surface area (Å²) in [6.07, 6.45) is 0.130. The smallest absolute Gasteiger partial charge is 0.410 e. The number of nitriles is 1. The molecule has 1 unspecified atom stereocenters. The number of fused-ring (bicyclic) bond motifs is 2. The molecular weight excluding hydrogens is 361 g/mol. The first kappa shape index (κ1) is 20.5. The molecule has 1 fully saturated rings. The van der Waals surface area contributed by atoms with Crippen LogP contribution >= 0.6 is 0 Å². The average Bonchev–Trinajstić information content (AvgIpc) is 2.89. The highest BCUT2D eigenvalue weighted by Gasteiger charge is 2.53. The van der Waals surface area contributed by atoms with E-state index in [-0.39, 0.29) is 6.09 Å². The molecular formula is C21H28FN3O3. The lowest BCUT2D eigenvalue weighted by molar-refractivity contribution is -0.134. The van der Waals surface area contributed by atoms with Crippen LogP contribution in [0, 0.1) is 29.5 Å². The van der Waals surface area contributed by atoms with Gasteiger partial charge < -0.3 is 14.4 Å². The van der Waals surface area contributed by atoms with Crippen LogP contribution < -0.4 is 0 Å². The van der Waals surface area contributed by atoms with E-state index < -0.39 is 28.5 Å². The zero-order chi connectivity index (χ0) is 20.9. The summed E-state index contributed by atoms with van der Waals surface area (Å²) in [5, 5.41) is 9.60. The molecule has 3 rings (SSSR count). The Balaban J connectivity index is 1.89. The van der Waals surface area contributed by atoms with Gasteiger partial charge in [0.25, 0.3) is 0 Å². The van der Waals surface area contributed by atoms with Gasteiger partial charge in [-0.15, -0.1) is 0 Å². The van der Waals surface area contributed by atoms with Gasteiger partial charge in [-0.05, 0) is 60.5 Å². The summed E-state index contributed by atoms with van der Waals surface area (Å²) in [5.74, 6) is -0.399. The second-order valence-corrected chi connectivity index (χ2v) is 9.29. The number of nitrogens with zero attached hydrogens (tertiary/aromatic N) is 3. The van der Waals surface area contributed by atoms with Gasteiger partial charge >= 0.3 is 6.09 Å². The first-order valence-electron chi connectivity index (χ1n) is 9.63. The number of aromatic nitrogens is 1. The number of ether oxygens (including phenoxy) is 2. The molecule has 0 aliphatic carbocycles. The van der Waals surface area contributed by atoms with Gasteiger partial charge in [0.2, 0.25) is 0 Å². The van der Waals surface area contributed by atoms with Gasteiger partial charge in [0.1, 0.15) is 23.1 Å². The molecule has 0 saturated carbocycles. The number of carbonyl (C=O) groups excluding carboxylic acids is 1. The zero-order valence-corrected chi connectivity index (χ0v) is 17.4. The van der Waals surface area contributed by atoms with Crippen LogP contribution in [-0.2, 0) is 15.1 Å². The number of carbonyl (C=O) groups is 1. The summed E-state index contributed by atoms with van der Waals surface area (Å²) >= 11 is 0. The molecule has 2 aliphatic rings. The van der Waals surface area contributed by atoms with Crippen LogP contribution in [0.1, 0.15) is 70.5 Å². The Morgan fingerprint density at radius 3 is 2.50 bits per heavy atom. The summed E-state index contributed by atoms with van der Waals surface area (Å²) in [6.45, 7) is 11.6. The lowest BCUT2D eigenvalue weighted by Gasteiger charge is -2.40. The summed E-state index contributed by atoms with van der Waals surface area (Å²) in [5.41, 5.74) is -0.453. The number of amides is 1. The maximum atomic E-state index is 14.3. The molecule has 1 amide bonds. The Labute approximate surface area is 165 Å². The molecule has 0 aromatic carbocycles. The van der Waals surface area contributed by atoms with Crippen molar-refractivity contribution in [3.05, 3.63) is 28.8 Å². The average molecular weight is 389 g/mol. The number of likely N-dealkylation sites (tertiary alicyclic amines) is 1. The van der Waals surface area contributed by atoms with Gasteiger partial charge in [0.15, 0.2) is 0 Å². The van der Waals surface area contributed by atoms with Crippen molar-refractivity contribution in [3.63, 3.8) is 0 Å². The second-order valence-electron chi connectivity index (χ2n) is 9.29. The Hall–Kier alpha value is -2.20. The molecule has 6 nitrogen and oxygen atoms in total. The third kappa shape index (κ3) is 3.58. The maximum absolute atomic E-state index is 14.3. The van der Waals surface area contributed by atoms with Gasteiger partial charge in [-0.25, -0.2) is 9.18 Å². The first-order valence-corrected chi connectivity index (χ1v) is 9.63. The Kier molecular flexibility index (Phi) is 4.91. The van der Waals surface area contributed by atoms with Gasteiger partial charge in [-0.1, -0.05) is 0 Å². The zero-order valence-electron chi connectivity index (χ0n) is 17.4. The minimum Gasteiger partial charge on any atom is -0.444 e. The van der Waals surface area contributed by atoms with E-state index in [1.165, 1.54) is 6.07 Å². The quantitative estimate of drug-likeness (QED) is 0.713. The van der Waals surface area contributed by atoms with E-state index in [0.717, 1.165) is 0 Å². The molecule has 0 radical (unpaired) electrons. The van der Waals surface area contributed by atoms with E-state index in [4.69, 9.17) is 9.47 Å². The van der Waals surface area contributed by atoms with Crippen molar-refractivity contribution in [1.29, 1.82) is 5.26 Å². The molecule has 0 bridgehead atoms. The van der Waals surface area contributed by atoms with Crippen molar-refractivity contribution in [2.75, 3.05) is 13.1 Å². The molecule has 0 N–H and O–H groups in total. The Morgan fingerprint density at radius 2 is 1.96 bits per heavy atom. The minimum atomic E-state index is -0.829. The number of rotatable bonds is 1. The third-order valence-corrected chi connectivity index (χ3v) is 5.40. The molecule has 7 heteroatoms. The number of hydrogen-bond donors (Lipinski definition) is 0. The second kappa shape index (κ2) is 6.70. The van der Waals surface area contributed by atoms with E-state index in [0.29, 0.717) is 42.9 Å². The van der Waals surface area contributed by atoms with Crippen molar-refractivity contribution in [2.45, 2.75) is 71.7 Å². The van der Waals surface area contributed by atoms with Crippen molar-refractivity contribution in [3.8, 4) is 6.07 Å². The number of halogens is 1. The molecule has 1 saturated heterocycles. The fourth-order valence-corrected chi connectivity index (χ4v) is 3.83. The van der Waals surface area contributed by atoms with E-state index in [2.05, 4.69) is 11.1 Å². The molecule has 1 aromatic rings. The van der Waals surface area contributed by atoms with Crippen LogP contribution in [0.25, 0.3) is 0 Å². The van der Waals surface area contributed by atoms with Crippen molar-refractivity contribution < 1.29 is 18.7 Å². The molecule has 2 aliphatic heterocycles. The van der Waals surface area contributed by atoms with Crippen LogP contribution in [0.4, 0.5) is 9.18 Å². The monoisotopic (exact) mass is 389 g/mol. The SMILES string of the molecule is Cc1nc2c(cc1F)C(C(C)(C)C#N)OC21CCN(C(=O)OC(C)(C)C)CC1. The highest BCUT2D eigenvalue weighted by molar-refractivity contribution is 5.68. The molecule has 1 atom stereocenters. The predicted octanol–water partition coefficient (Wildman–Crippen LogP) is 4.38. The van der Waals surface area contributed by atoms with Crippen LogP contribution in [0.2, 0.25) is 0 Å². The predicted molar refractivity (Wildman–Crippen MR) is 101 cm³/mol. The Morgan fingerprint density at radius 1 is 1.36 bits per heavy atom. The standard InChI is InChI=1S/C21H28FN3O3/c1-13-15(22)11-14-16(24-13)21(27-17(14)20(5,6)12-23)7-9-25(10-8-21)18(26)28-19(2,3)4/h11,17H,7-10H2,1-6H3. The molecule has 1 aromatic heterocycles.